The minimum Gasteiger partial charge on any atom is -0.311 e. The number of hydrogen-bond acceptors (Lipinski definition) is 3. The molecule has 12 rings (SSSR count). The molecule has 0 N–H and O–H groups in total. The molecule has 0 saturated heterocycles. The van der Waals surface area contributed by atoms with Crippen LogP contribution < -0.4 is 9.80 Å². The lowest BCUT2D eigenvalue weighted by atomic mass is 9.55. The van der Waals surface area contributed by atoms with Crippen molar-refractivity contribution in [3.63, 3.8) is 0 Å². The molecule has 61 heavy (non-hydrogen) atoms. The first kappa shape index (κ1) is 35.7. The Morgan fingerprint density at radius 1 is 0.344 bits per heavy atom. The third-order valence-corrected chi connectivity index (χ3v) is 14.5. The molecule has 0 radical (unpaired) electrons. The van der Waals surface area contributed by atoms with Gasteiger partial charge in [0, 0.05) is 49.2 Å². The lowest BCUT2D eigenvalue weighted by Crippen LogP contribution is -2.40. The van der Waals surface area contributed by atoms with Crippen molar-refractivity contribution in [1.29, 1.82) is 0 Å². The van der Waals surface area contributed by atoms with Crippen LogP contribution >= 0.6 is 11.3 Å². The molecule has 0 aliphatic heterocycles. The fraction of sp³-hybridized carbons (Fsp3) is 0.0690. The molecule has 1 aromatic heterocycles. The molecule has 0 amide bonds. The van der Waals surface area contributed by atoms with Gasteiger partial charge in [-0.2, -0.15) is 0 Å². The van der Waals surface area contributed by atoms with Crippen LogP contribution in [0.2, 0.25) is 0 Å². The Bertz CT molecular complexity index is 3200. The van der Waals surface area contributed by atoms with Gasteiger partial charge in [0.1, 0.15) is 0 Å². The Balaban J connectivity index is 1.14. The van der Waals surface area contributed by atoms with Crippen LogP contribution in [0.1, 0.15) is 47.2 Å². The number of para-hydroxylation sites is 2. The van der Waals surface area contributed by atoms with Crippen LogP contribution in [0.15, 0.2) is 218 Å². The summed E-state index contributed by atoms with van der Waals surface area (Å²) in [5.41, 5.74) is 16.8. The number of rotatable bonds is 6. The fourth-order valence-electron chi connectivity index (χ4n) is 10.7. The van der Waals surface area contributed by atoms with Gasteiger partial charge in [-0.15, -0.1) is 11.3 Å². The molecular weight excluding hydrogens is 757 g/mol. The maximum atomic E-state index is 2.54. The smallest absolute Gasteiger partial charge is 0.0720 e. The van der Waals surface area contributed by atoms with Crippen molar-refractivity contribution in [2.75, 3.05) is 9.80 Å². The lowest BCUT2D eigenvalue weighted by Gasteiger charge is -2.46. The van der Waals surface area contributed by atoms with Crippen molar-refractivity contribution in [2.45, 2.75) is 24.7 Å². The van der Waals surface area contributed by atoms with Crippen LogP contribution in [0, 0.1) is 0 Å². The third kappa shape index (κ3) is 5.14. The van der Waals surface area contributed by atoms with Crippen LogP contribution in [-0.2, 0) is 10.8 Å². The molecule has 1 spiro atoms. The Kier molecular flexibility index (Phi) is 8.01. The van der Waals surface area contributed by atoms with Crippen LogP contribution in [-0.4, -0.2) is 0 Å². The van der Waals surface area contributed by atoms with Gasteiger partial charge in [0.2, 0.25) is 0 Å². The number of nitrogens with zero attached hydrogens (tertiary/aromatic N) is 2. The van der Waals surface area contributed by atoms with E-state index in [0.717, 1.165) is 22.7 Å². The van der Waals surface area contributed by atoms with Crippen LogP contribution in [0.5, 0.6) is 0 Å². The van der Waals surface area contributed by atoms with Gasteiger partial charge in [-0.3, -0.25) is 0 Å². The van der Waals surface area contributed by atoms with Gasteiger partial charge in [-0.25, -0.2) is 0 Å². The van der Waals surface area contributed by atoms with Crippen molar-refractivity contribution >= 4 is 65.6 Å². The van der Waals surface area contributed by atoms with Gasteiger partial charge < -0.3 is 9.80 Å². The first-order chi connectivity index (χ1) is 30.0. The lowest BCUT2D eigenvalue weighted by molar-refractivity contribution is 0.563. The van der Waals surface area contributed by atoms with Crippen molar-refractivity contribution in [2.24, 2.45) is 0 Å². The number of anilines is 6. The van der Waals surface area contributed by atoms with Gasteiger partial charge in [0.05, 0.1) is 21.5 Å². The summed E-state index contributed by atoms with van der Waals surface area (Å²) in [5.74, 6) is 0. The van der Waals surface area contributed by atoms with Gasteiger partial charge >= 0.3 is 0 Å². The monoisotopic (exact) mass is 798 g/mol. The zero-order valence-electron chi connectivity index (χ0n) is 34.1. The van der Waals surface area contributed by atoms with E-state index in [1.165, 1.54) is 76.1 Å². The highest BCUT2D eigenvalue weighted by Gasteiger charge is 2.54. The summed E-state index contributed by atoms with van der Waals surface area (Å²) in [6.07, 6.45) is 0. The summed E-state index contributed by atoms with van der Waals surface area (Å²) in [5, 5.41) is 2.57. The van der Waals surface area contributed by atoms with E-state index < -0.39 is 5.41 Å². The zero-order valence-corrected chi connectivity index (χ0v) is 34.9. The van der Waals surface area contributed by atoms with Crippen LogP contribution in [0.4, 0.5) is 34.1 Å². The molecule has 1 heterocycles. The molecular formula is C58H42N2S. The predicted octanol–water partition coefficient (Wildman–Crippen LogP) is 16.0. The highest BCUT2D eigenvalue weighted by Crippen LogP contribution is 2.64. The maximum Gasteiger partial charge on any atom is 0.0720 e. The van der Waals surface area contributed by atoms with E-state index >= 15 is 0 Å². The topological polar surface area (TPSA) is 6.48 Å². The minimum absolute atomic E-state index is 0.161. The van der Waals surface area contributed by atoms with Crippen LogP contribution in [0.25, 0.3) is 31.3 Å². The van der Waals surface area contributed by atoms with Gasteiger partial charge in [0.25, 0.3) is 0 Å². The second-order valence-corrected chi connectivity index (χ2v) is 17.9. The average molecular weight is 799 g/mol. The third-order valence-electron chi connectivity index (χ3n) is 13.3. The van der Waals surface area contributed by atoms with E-state index in [2.05, 4.69) is 242 Å². The Morgan fingerprint density at radius 3 is 1.46 bits per heavy atom. The summed E-state index contributed by atoms with van der Waals surface area (Å²) >= 11 is 1.88. The molecule has 10 aromatic rings. The van der Waals surface area contributed by atoms with Crippen molar-refractivity contribution in [1.82, 2.24) is 0 Å². The van der Waals surface area contributed by atoms with E-state index in [4.69, 9.17) is 0 Å². The molecule has 0 fully saturated rings. The summed E-state index contributed by atoms with van der Waals surface area (Å²) in [7, 11) is 0. The van der Waals surface area contributed by atoms with Gasteiger partial charge in [0.15, 0.2) is 0 Å². The van der Waals surface area contributed by atoms with E-state index in [9.17, 15) is 0 Å². The highest BCUT2D eigenvalue weighted by atomic mass is 32.1. The predicted molar refractivity (Wildman–Crippen MR) is 258 cm³/mol. The van der Waals surface area contributed by atoms with Crippen molar-refractivity contribution < 1.29 is 0 Å². The Morgan fingerprint density at radius 2 is 0.803 bits per heavy atom. The SMILES string of the molecule is CC1(C)c2ccccc2C2(c3ccccc3-c3c(N(c4ccc(N(c5ccccc5)c5ccccc5)cc4)c4cccc5c4sc4ccccc45)cccc32)c2ccccc21. The van der Waals surface area contributed by atoms with Crippen molar-refractivity contribution in [3.8, 4) is 11.1 Å². The molecule has 3 heteroatoms. The Labute approximate surface area is 361 Å². The highest BCUT2D eigenvalue weighted by molar-refractivity contribution is 7.26. The molecule has 9 aromatic carbocycles. The molecule has 0 saturated carbocycles. The number of fused-ring (bicyclic) bond motifs is 12. The molecule has 2 aliphatic rings. The minimum atomic E-state index is -0.490. The quantitative estimate of drug-likeness (QED) is 0.165. The van der Waals surface area contributed by atoms with E-state index in [-0.39, 0.29) is 5.41 Å². The van der Waals surface area contributed by atoms with Crippen LogP contribution in [0.3, 0.4) is 0 Å². The number of thiophene rings is 1. The maximum absolute atomic E-state index is 2.54. The first-order valence-electron chi connectivity index (χ1n) is 21.2. The standard InChI is InChI=1S/C58H42N2S/c1-57(2)47-27-12-14-29-49(47)58(50-30-15-13-28-48(50)57)46-26-11-9-24-45(46)55-51(58)31-18-32-52(55)60(53-33-17-25-44-43-23-10-16-34-54(43)61-56(44)53)42-37-35-41(36-38-42)59(39-19-5-3-6-20-39)40-21-7-4-8-22-40/h3-38H,1-2H3. The summed E-state index contributed by atoms with van der Waals surface area (Å²) < 4.78 is 2.57. The second-order valence-electron chi connectivity index (χ2n) is 16.8. The summed E-state index contributed by atoms with van der Waals surface area (Å²) in [4.78, 5) is 4.87. The molecule has 0 atom stereocenters. The van der Waals surface area contributed by atoms with E-state index in [1.807, 2.05) is 11.3 Å². The normalized spacial score (nSPS) is 14.0. The number of benzene rings is 9. The molecule has 2 nitrogen and oxygen atoms in total. The molecule has 0 bridgehead atoms. The molecule has 0 unspecified atom stereocenters. The zero-order chi connectivity index (χ0) is 40.7. The molecule has 2 aliphatic carbocycles. The second kappa shape index (κ2) is 13.7. The average Bonchev–Trinajstić information content (AvgIpc) is 3.85. The van der Waals surface area contributed by atoms with E-state index in [0.29, 0.717) is 0 Å². The summed E-state index contributed by atoms with van der Waals surface area (Å²) in [6.45, 7) is 4.78. The van der Waals surface area contributed by atoms with Crippen molar-refractivity contribution in [3.05, 3.63) is 252 Å². The number of hydrogen-bond donors (Lipinski definition) is 0. The fourth-order valence-corrected chi connectivity index (χ4v) is 12.0. The molecule has 290 valence electrons. The van der Waals surface area contributed by atoms with Gasteiger partial charge in [-0.05, 0) is 106 Å². The van der Waals surface area contributed by atoms with Gasteiger partial charge in [-0.1, -0.05) is 166 Å². The Hall–Kier alpha value is -7.20. The largest absolute Gasteiger partial charge is 0.311 e. The summed E-state index contributed by atoms with van der Waals surface area (Å²) in [6, 6.07) is 80.8. The first-order valence-corrected chi connectivity index (χ1v) is 22.0. The van der Waals surface area contributed by atoms with E-state index in [1.54, 1.807) is 0 Å².